The fourth-order valence-corrected chi connectivity index (χ4v) is 3.30. The molecule has 0 fully saturated rings. The van der Waals surface area contributed by atoms with Crippen molar-refractivity contribution >= 4 is 23.2 Å². The Morgan fingerprint density at radius 2 is 2.22 bits per heavy atom. The van der Waals surface area contributed by atoms with E-state index in [0.717, 1.165) is 32.0 Å². The minimum absolute atomic E-state index is 0.0938. The number of aliphatic imine (C=N–C) groups is 1. The van der Waals surface area contributed by atoms with Crippen LogP contribution in [0, 0.1) is 5.92 Å². The van der Waals surface area contributed by atoms with E-state index in [1.54, 1.807) is 11.3 Å². The topological polar surface area (TPSA) is 56.7 Å². The maximum absolute atomic E-state index is 12.4. The molecule has 2 rings (SSSR count). The summed E-state index contributed by atoms with van der Waals surface area (Å²) in [5.74, 6) is 1.32. The molecule has 2 heterocycles. The van der Waals surface area contributed by atoms with E-state index >= 15 is 0 Å². The fourth-order valence-electron chi connectivity index (χ4n) is 2.41. The van der Waals surface area contributed by atoms with Crippen molar-refractivity contribution in [2.75, 3.05) is 19.6 Å². The van der Waals surface area contributed by atoms with Crippen molar-refractivity contribution in [1.82, 2.24) is 15.5 Å². The third-order valence-corrected chi connectivity index (χ3v) is 5.26. The molecule has 0 aliphatic carbocycles. The lowest BCUT2D eigenvalue weighted by atomic mass is 10.1. The molecular formula is C17H28N4OS. The van der Waals surface area contributed by atoms with Gasteiger partial charge >= 0.3 is 0 Å². The molecule has 1 aromatic heterocycles. The lowest BCUT2D eigenvalue weighted by Crippen LogP contribution is -2.45. The summed E-state index contributed by atoms with van der Waals surface area (Å²) in [6, 6.07) is 2.44. The van der Waals surface area contributed by atoms with Crippen LogP contribution in [-0.4, -0.2) is 42.4 Å². The zero-order valence-corrected chi connectivity index (χ0v) is 15.4. The van der Waals surface area contributed by atoms with Crippen LogP contribution in [0.2, 0.25) is 0 Å². The molecular weight excluding hydrogens is 308 g/mol. The van der Waals surface area contributed by atoms with Gasteiger partial charge in [0.25, 0.3) is 0 Å². The average molecular weight is 337 g/mol. The first-order chi connectivity index (χ1) is 11.0. The van der Waals surface area contributed by atoms with Crippen LogP contribution in [0.3, 0.4) is 0 Å². The number of carbonyl (C=O) groups is 1. The van der Waals surface area contributed by atoms with Gasteiger partial charge in [-0.2, -0.15) is 0 Å². The Kier molecular flexibility index (Phi) is 6.45. The number of nitrogens with zero attached hydrogens (tertiary/aromatic N) is 2. The average Bonchev–Trinajstić information content (AvgIpc) is 2.99. The Morgan fingerprint density at radius 1 is 1.43 bits per heavy atom. The second-order valence-electron chi connectivity index (χ2n) is 6.31. The zero-order chi connectivity index (χ0) is 16.8. The van der Waals surface area contributed by atoms with Crippen molar-refractivity contribution in [1.29, 1.82) is 0 Å². The highest BCUT2D eigenvalue weighted by Crippen LogP contribution is 2.23. The lowest BCUT2D eigenvalue weighted by Gasteiger charge is -2.26. The SMILES string of the molecule is CCNC(=NCC(=O)N1CCc2sccc2C1)NC(C)C(C)C. The van der Waals surface area contributed by atoms with E-state index in [-0.39, 0.29) is 12.5 Å². The van der Waals surface area contributed by atoms with Crippen molar-refractivity contribution in [3.05, 3.63) is 21.9 Å². The van der Waals surface area contributed by atoms with Gasteiger partial charge in [-0.1, -0.05) is 13.8 Å². The monoisotopic (exact) mass is 336 g/mol. The molecule has 2 N–H and O–H groups in total. The molecule has 1 aliphatic rings. The largest absolute Gasteiger partial charge is 0.357 e. The molecule has 0 spiro atoms. The van der Waals surface area contributed by atoms with E-state index in [0.29, 0.717) is 12.0 Å². The van der Waals surface area contributed by atoms with Gasteiger partial charge in [0.2, 0.25) is 5.91 Å². The van der Waals surface area contributed by atoms with Gasteiger partial charge in [-0.15, -0.1) is 11.3 Å². The first-order valence-corrected chi connectivity index (χ1v) is 9.27. The molecule has 0 aromatic carbocycles. The quantitative estimate of drug-likeness (QED) is 0.640. The number of fused-ring (bicyclic) bond motifs is 1. The molecule has 1 atom stereocenters. The standard InChI is InChI=1S/C17H28N4OS/c1-5-18-17(20-13(4)12(2)3)19-10-16(22)21-8-6-15-14(11-21)7-9-23-15/h7,9,12-13H,5-6,8,10-11H2,1-4H3,(H2,18,19,20). The Balaban J connectivity index is 1.92. The predicted octanol–water partition coefficient (Wildman–Crippen LogP) is 2.23. The summed E-state index contributed by atoms with van der Waals surface area (Å²) in [5.41, 5.74) is 1.29. The maximum atomic E-state index is 12.4. The molecule has 0 saturated carbocycles. The third-order valence-electron chi connectivity index (χ3n) is 4.24. The molecule has 5 nitrogen and oxygen atoms in total. The summed E-state index contributed by atoms with van der Waals surface area (Å²) in [6.07, 6.45) is 0.963. The molecule has 6 heteroatoms. The Hall–Kier alpha value is -1.56. The minimum atomic E-state index is 0.0938. The van der Waals surface area contributed by atoms with Crippen molar-refractivity contribution in [3.63, 3.8) is 0 Å². The Morgan fingerprint density at radius 3 is 2.91 bits per heavy atom. The second kappa shape index (κ2) is 8.34. The summed E-state index contributed by atoms with van der Waals surface area (Å²) in [7, 11) is 0. The molecule has 1 aromatic rings. The highest BCUT2D eigenvalue weighted by molar-refractivity contribution is 7.10. The summed E-state index contributed by atoms with van der Waals surface area (Å²) in [5, 5.41) is 8.67. The molecule has 0 bridgehead atoms. The summed E-state index contributed by atoms with van der Waals surface area (Å²) in [4.78, 5) is 20.2. The van der Waals surface area contributed by atoms with Gasteiger partial charge in [-0.05, 0) is 43.2 Å². The fraction of sp³-hybridized carbons (Fsp3) is 0.647. The second-order valence-corrected chi connectivity index (χ2v) is 7.31. The van der Waals surface area contributed by atoms with Gasteiger partial charge in [0.15, 0.2) is 5.96 Å². The van der Waals surface area contributed by atoms with Crippen molar-refractivity contribution in [2.24, 2.45) is 10.9 Å². The molecule has 1 unspecified atom stereocenters. The molecule has 1 aliphatic heterocycles. The van der Waals surface area contributed by atoms with Crippen molar-refractivity contribution in [3.8, 4) is 0 Å². The van der Waals surface area contributed by atoms with Crippen LogP contribution in [0.1, 0.15) is 38.1 Å². The highest BCUT2D eigenvalue weighted by atomic mass is 32.1. The van der Waals surface area contributed by atoms with Crippen molar-refractivity contribution in [2.45, 2.75) is 46.7 Å². The maximum Gasteiger partial charge on any atom is 0.244 e. The van der Waals surface area contributed by atoms with Gasteiger partial charge in [-0.3, -0.25) is 4.79 Å². The lowest BCUT2D eigenvalue weighted by molar-refractivity contribution is -0.130. The van der Waals surface area contributed by atoms with E-state index in [4.69, 9.17) is 0 Å². The van der Waals surface area contributed by atoms with Crippen LogP contribution in [0.25, 0.3) is 0 Å². The third kappa shape index (κ3) is 4.96. The van der Waals surface area contributed by atoms with Crippen LogP contribution in [0.4, 0.5) is 0 Å². The number of nitrogens with one attached hydrogen (secondary N) is 2. The minimum Gasteiger partial charge on any atom is -0.357 e. The van der Waals surface area contributed by atoms with E-state index in [2.05, 4.69) is 47.8 Å². The van der Waals surface area contributed by atoms with E-state index in [1.807, 2.05) is 11.8 Å². The summed E-state index contributed by atoms with van der Waals surface area (Å²) in [6.45, 7) is 11.0. The molecule has 23 heavy (non-hydrogen) atoms. The Bertz CT molecular complexity index is 553. The highest BCUT2D eigenvalue weighted by Gasteiger charge is 2.21. The molecule has 1 amide bonds. The number of rotatable bonds is 5. The zero-order valence-electron chi connectivity index (χ0n) is 14.6. The van der Waals surface area contributed by atoms with E-state index in [1.165, 1.54) is 10.4 Å². The summed E-state index contributed by atoms with van der Waals surface area (Å²) >= 11 is 1.79. The van der Waals surface area contributed by atoms with Crippen LogP contribution in [0.5, 0.6) is 0 Å². The van der Waals surface area contributed by atoms with Crippen LogP contribution in [-0.2, 0) is 17.8 Å². The van der Waals surface area contributed by atoms with Crippen LogP contribution >= 0.6 is 11.3 Å². The number of carbonyl (C=O) groups excluding carboxylic acids is 1. The number of hydrogen-bond acceptors (Lipinski definition) is 3. The number of guanidine groups is 1. The van der Waals surface area contributed by atoms with E-state index < -0.39 is 0 Å². The van der Waals surface area contributed by atoms with Gasteiger partial charge in [-0.25, -0.2) is 4.99 Å². The van der Waals surface area contributed by atoms with Crippen LogP contribution in [0.15, 0.2) is 16.4 Å². The van der Waals surface area contributed by atoms with Gasteiger partial charge in [0.1, 0.15) is 6.54 Å². The number of thiophene rings is 1. The smallest absolute Gasteiger partial charge is 0.244 e. The molecule has 0 saturated heterocycles. The number of amides is 1. The van der Waals surface area contributed by atoms with Gasteiger partial charge < -0.3 is 15.5 Å². The molecule has 0 radical (unpaired) electrons. The summed E-state index contributed by atoms with van der Waals surface area (Å²) < 4.78 is 0. The normalized spacial score (nSPS) is 16.2. The van der Waals surface area contributed by atoms with Crippen molar-refractivity contribution < 1.29 is 4.79 Å². The number of hydrogen-bond donors (Lipinski definition) is 2. The van der Waals surface area contributed by atoms with Gasteiger partial charge in [0, 0.05) is 30.6 Å². The first-order valence-electron chi connectivity index (χ1n) is 8.39. The van der Waals surface area contributed by atoms with Gasteiger partial charge in [0.05, 0.1) is 0 Å². The van der Waals surface area contributed by atoms with E-state index in [9.17, 15) is 4.79 Å². The first kappa shape index (κ1) is 17.8. The van der Waals surface area contributed by atoms with Crippen LogP contribution < -0.4 is 10.6 Å². The predicted molar refractivity (Wildman–Crippen MR) is 96.9 cm³/mol. The Labute approximate surface area is 143 Å². The molecule has 128 valence electrons.